The Balaban J connectivity index is 1.82. The molecule has 0 N–H and O–H groups in total. The lowest BCUT2D eigenvalue weighted by atomic mass is 10.1. The van der Waals surface area contributed by atoms with E-state index in [-0.39, 0.29) is 0 Å². The van der Waals surface area contributed by atoms with Crippen molar-refractivity contribution in [1.29, 1.82) is 0 Å². The summed E-state index contributed by atoms with van der Waals surface area (Å²) < 4.78 is 46.4. The average molecular weight is 444 g/mol. The number of furan rings is 1. The molecule has 3 rings (SSSR count). The van der Waals surface area contributed by atoms with E-state index in [1.807, 2.05) is 0 Å². The summed E-state index contributed by atoms with van der Waals surface area (Å²) in [6.45, 7) is 4.17. The Bertz CT molecular complexity index is 920. The van der Waals surface area contributed by atoms with Gasteiger partial charge in [-0.15, -0.1) is 16.8 Å². The summed E-state index contributed by atoms with van der Waals surface area (Å²) in [6, 6.07) is 8.76. The number of allylic oxidation sites excluding steroid dienone is 1. The fourth-order valence-electron chi connectivity index (χ4n) is 2.29. The molecule has 0 atom stereocenters. The van der Waals surface area contributed by atoms with Crippen LogP contribution in [0.5, 0.6) is 0 Å². The number of benzene rings is 1. The SMILES string of the molecule is C=CCn1c(SCc2cccc(C(F)(F)F)c2)nnc1-c1ccc(Br)o1. The van der Waals surface area contributed by atoms with Gasteiger partial charge < -0.3 is 4.42 Å². The number of halogens is 4. The van der Waals surface area contributed by atoms with Gasteiger partial charge in [0.25, 0.3) is 0 Å². The molecule has 4 nitrogen and oxygen atoms in total. The van der Waals surface area contributed by atoms with E-state index in [2.05, 4.69) is 32.7 Å². The molecule has 9 heteroatoms. The molecule has 0 aliphatic heterocycles. The third-order valence-electron chi connectivity index (χ3n) is 3.44. The minimum absolute atomic E-state index is 0.334. The van der Waals surface area contributed by atoms with Gasteiger partial charge in [0.15, 0.2) is 15.6 Å². The largest absolute Gasteiger partial charge is 0.446 e. The van der Waals surface area contributed by atoms with Gasteiger partial charge in [0.2, 0.25) is 5.82 Å². The van der Waals surface area contributed by atoms with E-state index < -0.39 is 11.7 Å². The van der Waals surface area contributed by atoms with E-state index in [1.165, 1.54) is 17.8 Å². The first-order valence-corrected chi connectivity index (χ1v) is 9.25. The number of hydrogen-bond acceptors (Lipinski definition) is 4. The van der Waals surface area contributed by atoms with Crippen molar-refractivity contribution < 1.29 is 17.6 Å². The molecule has 26 heavy (non-hydrogen) atoms. The normalized spacial score (nSPS) is 11.7. The number of aromatic nitrogens is 3. The maximum absolute atomic E-state index is 12.8. The molecule has 1 aromatic carbocycles. The lowest BCUT2D eigenvalue weighted by molar-refractivity contribution is -0.137. The first-order valence-electron chi connectivity index (χ1n) is 7.47. The summed E-state index contributed by atoms with van der Waals surface area (Å²) in [5.74, 6) is 1.40. The van der Waals surface area contributed by atoms with Gasteiger partial charge in [-0.1, -0.05) is 36.0 Å². The van der Waals surface area contributed by atoms with Crippen molar-refractivity contribution in [3.05, 3.63) is 64.8 Å². The molecule has 0 unspecified atom stereocenters. The summed E-state index contributed by atoms with van der Waals surface area (Å²) in [4.78, 5) is 0. The van der Waals surface area contributed by atoms with Crippen LogP contribution in [0, 0.1) is 0 Å². The van der Waals surface area contributed by atoms with E-state index in [0.29, 0.717) is 39.3 Å². The average Bonchev–Trinajstić information content (AvgIpc) is 3.19. The van der Waals surface area contributed by atoms with Gasteiger partial charge in [0.05, 0.1) is 5.56 Å². The molecule has 0 saturated heterocycles. The molecule has 0 spiro atoms. The summed E-state index contributed by atoms with van der Waals surface area (Å²) in [7, 11) is 0. The summed E-state index contributed by atoms with van der Waals surface area (Å²) in [6.07, 6.45) is -2.66. The van der Waals surface area contributed by atoms with Gasteiger partial charge in [0, 0.05) is 12.3 Å². The Kier molecular flexibility index (Phi) is 5.57. The molecule has 0 aliphatic rings. The third-order valence-corrected chi connectivity index (χ3v) is 4.91. The summed E-state index contributed by atoms with van der Waals surface area (Å²) in [5.41, 5.74) is -0.107. The van der Waals surface area contributed by atoms with Crippen LogP contribution in [0.25, 0.3) is 11.6 Å². The molecule has 0 fully saturated rings. The van der Waals surface area contributed by atoms with Gasteiger partial charge in [-0.05, 0) is 39.7 Å². The number of rotatable bonds is 6. The predicted molar refractivity (Wildman–Crippen MR) is 96.6 cm³/mol. The highest BCUT2D eigenvalue weighted by Gasteiger charge is 2.30. The zero-order valence-electron chi connectivity index (χ0n) is 13.3. The lowest BCUT2D eigenvalue weighted by Gasteiger charge is -2.09. The van der Waals surface area contributed by atoms with Crippen molar-refractivity contribution in [1.82, 2.24) is 14.8 Å². The van der Waals surface area contributed by atoms with Crippen LogP contribution in [-0.2, 0) is 18.5 Å². The van der Waals surface area contributed by atoms with Crippen LogP contribution in [0.15, 0.2) is 63.3 Å². The quantitative estimate of drug-likeness (QED) is 0.356. The fourth-order valence-corrected chi connectivity index (χ4v) is 3.49. The van der Waals surface area contributed by atoms with Crippen molar-refractivity contribution in [2.24, 2.45) is 0 Å². The van der Waals surface area contributed by atoms with Crippen molar-refractivity contribution in [3.63, 3.8) is 0 Å². The van der Waals surface area contributed by atoms with Crippen molar-refractivity contribution in [2.75, 3.05) is 0 Å². The molecule has 136 valence electrons. The first kappa shape index (κ1) is 18.8. The van der Waals surface area contributed by atoms with E-state index in [9.17, 15) is 13.2 Å². The van der Waals surface area contributed by atoms with Gasteiger partial charge in [-0.25, -0.2) is 0 Å². The molecule has 0 aliphatic carbocycles. The minimum atomic E-state index is -4.36. The highest BCUT2D eigenvalue weighted by atomic mass is 79.9. The Morgan fingerprint density at radius 3 is 2.69 bits per heavy atom. The predicted octanol–water partition coefficient (Wildman–Crippen LogP) is 5.80. The second-order valence-electron chi connectivity index (χ2n) is 5.30. The molecule has 0 bridgehead atoms. The molecule has 2 aromatic heterocycles. The lowest BCUT2D eigenvalue weighted by Crippen LogP contribution is -2.05. The van der Waals surface area contributed by atoms with Crippen molar-refractivity contribution in [3.8, 4) is 11.6 Å². The third kappa shape index (κ3) is 4.21. The van der Waals surface area contributed by atoms with E-state index in [4.69, 9.17) is 4.42 Å². The van der Waals surface area contributed by atoms with Crippen LogP contribution in [-0.4, -0.2) is 14.8 Å². The van der Waals surface area contributed by atoms with Gasteiger partial charge in [-0.2, -0.15) is 13.2 Å². The van der Waals surface area contributed by atoms with Crippen LogP contribution >= 0.6 is 27.7 Å². The zero-order chi connectivity index (χ0) is 18.7. The molecular weight excluding hydrogens is 431 g/mol. The van der Waals surface area contributed by atoms with E-state index in [1.54, 1.807) is 28.8 Å². The van der Waals surface area contributed by atoms with Crippen LogP contribution in [0.4, 0.5) is 13.2 Å². The first-order chi connectivity index (χ1) is 12.4. The Morgan fingerprint density at radius 1 is 1.23 bits per heavy atom. The second-order valence-corrected chi connectivity index (χ2v) is 7.02. The number of nitrogens with zero attached hydrogens (tertiary/aromatic N) is 3. The fraction of sp³-hybridized carbons (Fsp3) is 0.176. The summed E-state index contributed by atoms with van der Waals surface area (Å²) in [5, 5.41) is 8.85. The summed E-state index contributed by atoms with van der Waals surface area (Å²) >= 11 is 4.55. The molecule has 0 radical (unpaired) electrons. The Morgan fingerprint density at radius 2 is 2.04 bits per heavy atom. The van der Waals surface area contributed by atoms with Crippen LogP contribution < -0.4 is 0 Å². The maximum atomic E-state index is 12.8. The monoisotopic (exact) mass is 443 g/mol. The number of thioether (sulfide) groups is 1. The molecule has 3 aromatic rings. The van der Waals surface area contributed by atoms with E-state index >= 15 is 0 Å². The number of hydrogen-bond donors (Lipinski definition) is 0. The van der Waals surface area contributed by atoms with Crippen LogP contribution in [0.3, 0.4) is 0 Å². The Hall–Kier alpha value is -2.00. The Labute approximate surface area is 160 Å². The molecular formula is C17H13BrF3N3OS. The second kappa shape index (κ2) is 7.71. The van der Waals surface area contributed by atoms with Gasteiger partial charge in [0.1, 0.15) is 0 Å². The minimum Gasteiger partial charge on any atom is -0.446 e. The van der Waals surface area contributed by atoms with Crippen LogP contribution in [0.1, 0.15) is 11.1 Å². The number of alkyl halides is 3. The molecule has 2 heterocycles. The van der Waals surface area contributed by atoms with E-state index in [0.717, 1.165) is 12.1 Å². The topological polar surface area (TPSA) is 43.9 Å². The standard InChI is InChI=1S/C17H13BrF3N3OS/c1-2-8-24-15(13-6-7-14(18)25-13)22-23-16(24)26-10-11-4-3-5-12(9-11)17(19,20)21/h2-7,9H,1,8,10H2. The van der Waals surface area contributed by atoms with Crippen molar-refractivity contribution in [2.45, 2.75) is 23.6 Å². The highest BCUT2D eigenvalue weighted by molar-refractivity contribution is 9.10. The zero-order valence-corrected chi connectivity index (χ0v) is 15.7. The smallest absolute Gasteiger partial charge is 0.416 e. The van der Waals surface area contributed by atoms with Gasteiger partial charge in [-0.3, -0.25) is 4.57 Å². The molecule has 0 saturated carbocycles. The highest BCUT2D eigenvalue weighted by Crippen LogP contribution is 2.32. The molecule has 0 amide bonds. The van der Waals surface area contributed by atoms with Gasteiger partial charge >= 0.3 is 6.18 Å². The van der Waals surface area contributed by atoms with Crippen molar-refractivity contribution >= 4 is 27.7 Å². The maximum Gasteiger partial charge on any atom is 0.416 e. The van der Waals surface area contributed by atoms with Crippen LogP contribution in [0.2, 0.25) is 0 Å².